The van der Waals surface area contributed by atoms with Crippen LogP contribution in [-0.4, -0.2) is 22.7 Å². The Hall–Kier alpha value is -2.34. The fourth-order valence-corrected chi connectivity index (χ4v) is 3.32. The minimum Gasteiger partial charge on any atom is -0.481 e. The highest BCUT2D eigenvalue weighted by Crippen LogP contribution is 2.19. The molecular weight excluding hydrogens is 353 g/mol. The predicted octanol–water partition coefficient (Wildman–Crippen LogP) is 4.35. The van der Waals surface area contributed by atoms with Crippen LogP contribution in [0.3, 0.4) is 0 Å². The van der Waals surface area contributed by atoms with E-state index in [0.29, 0.717) is 29.2 Å². The van der Waals surface area contributed by atoms with Crippen LogP contribution >= 0.6 is 11.8 Å². The maximum Gasteiger partial charge on any atom is 0.304 e. The van der Waals surface area contributed by atoms with Crippen molar-refractivity contribution in [1.82, 2.24) is 0 Å². The number of anilines is 1. The first-order chi connectivity index (χ1) is 12.5. The lowest BCUT2D eigenvalue weighted by Gasteiger charge is -2.13. The quantitative estimate of drug-likeness (QED) is 0.640. The molecule has 0 aliphatic rings. The second-order valence-corrected chi connectivity index (χ2v) is 7.19. The molecule has 138 valence electrons. The lowest BCUT2D eigenvalue weighted by atomic mass is 10.00. The number of aliphatic carboxylic acids is 1. The Morgan fingerprint density at radius 3 is 2.69 bits per heavy atom. The number of hydrogen-bond donors (Lipinski definition) is 2. The maximum atomic E-state index is 13.7. The molecule has 0 bridgehead atoms. The molecule has 0 saturated carbocycles. The smallest absolute Gasteiger partial charge is 0.304 e. The van der Waals surface area contributed by atoms with E-state index in [4.69, 9.17) is 5.11 Å². The Morgan fingerprint density at radius 2 is 1.96 bits per heavy atom. The zero-order chi connectivity index (χ0) is 18.9. The van der Waals surface area contributed by atoms with Gasteiger partial charge in [0.1, 0.15) is 5.82 Å². The van der Waals surface area contributed by atoms with E-state index in [2.05, 4.69) is 5.32 Å². The van der Waals surface area contributed by atoms with Gasteiger partial charge in [-0.1, -0.05) is 37.3 Å². The number of amides is 1. The zero-order valence-corrected chi connectivity index (χ0v) is 15.4. The van der Waals surface area contributed by atoms with E-state index >= 15 is 0 Å². The van der Waals surface area contributed by atoms with Gasteiger partial charge in [-0.05, 0) is 35.7 Å². The number of thioether (sulfide) groups is 1. The van der Waals surface area contributed by atoms with Crippen molar-refractivity contribution < 1.29 is 19.1 Å². The summed E-state index contributed by atoms with van der Waals surface area (Å²) in [6.07, 6.45) is 0.470. The van der Waals surface area contributed by atoms with Crippen molar-refractivity contribution in [1.29, 1.82) is 0 Å². The molecule has 0 fully saturated rings. The third-order valence-electron chi connectivity index (χ3n) is 3.86. The lowest BCUT2D eigenvalue weighted by molar-refractivity contribution is -0.136. The van der Waals surface area contributed by atoms with E-state index in [-0.39, 0.29) is 24.1 Å². The largest absolute Gasteiger partial charge is 0.481 e. The van der Waals surface area contributed by atoms with E-state index in [9.17, 15) is 14.0 Å². The van der Waals surface area contributed by atoms with Gasteiger partial charge in [0.25, 0.3) is 0 Å². The Bertz CT molecular complexity index is 766. The molecule has 2 rings (SSSR count). The molecule has 1 atom stereocenters. The van der Waals surface area contributed by atoms with Crippen LogP contribution in [0.25, 0.3) is 0 Å². The number of nitrogens with one attached hydrogen (secondary N) is 1. The summed E-state index contributed by atoms with van der Waals surface area (Å²) in [5.74, 6) is -0.396. The Balaban J connectivity index is 1.89. The summed E-state index contributed by atoms with van der Waals surface area (Å²) in [6.45, 7) is 1.77. The number of carboxylic acid groups (broad SMARTS) is 1. The Labute approximate surface area is 156 Å². The van der Waals surface area contributed by atoms with Crippen molar-refractivity contribution in [3.8, 4) is 0 Å². The van der Waals surface area contributed by atoms with Crippen molar-refractivity contribution in [3.63, 3.8) is 0 Å². The summed E-state index contributed by atoms with van der Waals surface area (Å²) in [5.41, 5.74) is 2.23. The predicted molar refractivity (Wildman–Crippen MR) is 103 cm³/mol. The highest BCUT2D eigenvalue weighted by atomic mass is 32.2. The molecule has 4 nitrogen and oxygen atoms in total. The summed E-state index contributed by atoms with van der Waals surface area (Å²) >= 11 is 1.54. The topological polar surface area (TPSA) is 66.4 Å². The SMILES string of the molecule is CC(Cc1ccccc1F)C(=O)Nc1cccc(CSCCC(=O)O)c1. The summed E-state index contributed by atoms with van der Waals surface area (Å²) in [5, 5.41) is 11.5. The number of carboxylic acids is 1. The van der Waals surface area contributed by atoms with E-state index in [1.54, 1.807) is 31.2 Å². The normalized spacial score (nSPS) is 11.8. The van der Waals surface area contributed by atoms with Crippen LogP contribution in [0.2, 0.25) is 0 Å². The summed E-state index contributed by atoms with van der Waals surface area (Å²) < 4.78 is 13.7. The second-order valence-electron chi connectivity index (χ2n) is 6.08. The van der Waals surface area contributed by atoms with Gasteiger partial charge >= 0.3 is 5.97 Å². The first kappa shape index (κ1) is 20.0. The second kappa shape index (κ2) is 9.97. The van der Waals surface area contributed by atoms with Gasteiger partial charge in [0.15, 0.2) is 0 Å². The molecule has 0 aromatic heterocycles. The summed E-state index contributed by atoms with van der Waals surface area (Å²) in [6, 6.07) is 13.9. The van der Waals surface area contributed by atoms with Crippen LogP contribution in [0.1, 0.15) is 24.5 Å². The highest BCUT2D eigenvalue weighted by Gasteiger charge is 2.15. The maximum absolute atomic E-state index is 13.7. The zero-order valence-electron chi connectivity index (χ0n) is 14.6. The first-order valence-corrected chi connectivity index (χ1v) is 9.54. The number of rotatable bonds is 9. The summed E-state index contributed by atoms with van der Waals surface area (Å²) in [4.78, 5) is 22.9. The van der Waals surface area contributed by atoms with Gasteiger partial charge in [0, 0.05) is 23.1 Å². The molecule has 1 amide bonds. The van der Waals surface area contributed by atoms with Crippen LogP contribution in [0, 0.1) is 11.7 Å². The fourth-order valence-electron chi connectivity index (χ4n) is 2.44. The number of hydrogen-bond acceptors (Lipinski definition) is 3. The molecule has 0 aliphatic heterocycles. The van der Waals surface area contributed by atoms with Crippen LogP contribution in [0.15, 0.2) is 48.5 Å². The van der Waals surface area contributed by atoms with Crippen molar-refractivity contribution in [2.75, 3.05) is 11.1 Å². The lowest BCUT2D eigenvalue weighted by Crippen LogP contribution is -2.22. The van der Waals surface area contributed by atoms with Crippen molar-refractivity contribution in [2.45, 2.75) is 25.5 Å². The molecule has 26 heavy (non-hydrogen) atoms. The van der Waals surface area contributed by atoms with Gasteiger partial charge in [-0.2, -0.15) is 11.8 Å². The van der Waals surface area contributed by atoms with E-state index < -0.39 is 5.97 Å². The van der Waals surface area contributed by atoms with Gasteiger partial charge in [-0.3, -0.25) is 9.59 Å². The number of carbonyl (C=O) groups is 2. The number of halogens is 1. The van der Waals surface area contributed by atoms with Gasteiger partial charge < -0.3 is 10.4 Å². The standard InChI is InChI=1S/C20H22FNO3S/c1-14(11-16-6-2-3-8-18(16)21)20(25)22-17-7-4-5-15(12-17)13-26-10-9-19(23)24/h2-8,12,14H,9-11,13H2,1H3,(H,22,25)(H,23,24). The van der Waals surface area contributed by atoms with Crippen molar-refractivity contribution in [2.24, 2.45) is 5.92 Å². The van der Waals surface area contributed by atoms with E-state index in [1.807, 2.05) is 18.2 Å². The van der Waals surface area contributed by atoms with Gasteiger partial charge in [-0.25, -0.2) is 4.39 Å². The van der Waals surface area contributed by atoms with Gasteiger partial charge in [0.2, 0.25) is 5.91 Å². The first-order valence-electron chi connectivity index (χ1n) is 8.38. The van der Waals surface area contributed by atoms with Crippen molar-refractivity contribution >= 4 is 29.3 Å². The molecule has 2 aromatic carbocycles. The molecule has 0 heterocycles. The molecule has 2 N–H and O–H groups in total. The minimum atomic E-state index is -0.803. The average Bonchev–Trinajstić information content (AvgIpc) is 2.61. The van der Waals surface area contributed by atoms with Crippen molar-refractivity contribution in [3.05, 3.63) is 65.5 Å². The molecule has 0 saturated heterocycles. The van der Waals surface area contributed by atoms with E-state index in [1.165, 1.54) is 17.8 Å². The fraction of sp³-hybridized carbons (Fsp3) is 0.300. The monoisotopic (exact) mass is 375 g/mol. The molecule has 0 aliphatic carbocycles. The summed E-state index contributed by atoms with van der Waals surface area (Å²) in [7, 11) is 0. The van der Waals surface area contributed by atoms with Gasteiger partial charge in [-0.15, -0.1) is 0 Å². The molecular formula is C20H22FNO3S. The average molecular weight is 375 g/mol. The molecule has 1 unspecified atom stereocenters. The highest BCUT2D eigenvalue weighted by molar-refractivity contribution is 7.98. The van der Waals surface area contributed by atoms with Crippen LogP contribution < -0.4 is 5.32 Å². The van der Waals surface area contributed by atoms with Gasteiger partial charge in [0.05, 0.1) is 6.42 Å². The third-order valence-corrected chi connectivity index (χ3v) is 4.89. The van der Waals surface area contributed by atoms with Crippen LogP contribution in [0.5, 0.6) is 0 Å². The van der Waals surface area contributed by atoms with Crippen LogP contribution in [-0.2, 0) is 21.8 Å². The molecule has 6 heteroatoms. The Kier molecular flexibility index (Phi) is 7.66. The minimum absolute atomic E-state index is 0.134. The number of carbonyl (C=O) groups excluding carboxylic acids is 1. The molecule has 0 spiro atoms. The Morgan fingerprint density at radius 1 is 1.19 bits per heavy atom. The van der Waals surface area contributed by atoms with Crippen LogP contribution in [0.4, 0.5) is 10.1 Å². The third kappa shape index (κ3) is 6.52. The number of benzene rings is 2. The molecule has 2 aromatic rings. The molecule has 0 radical (unpaired) electrons. The van der Waals surface area contributed by atoms with E-state index in [0.717, 1.165) is 5.56 Å².